The predicted octanol–water partition coefficient (Wildman–Crippen LogP) is 4.50. The lowest BCUT2D eigenvalue weighted by atomic mass is 9.44. The van der Waals surface area contributed by atoms with Crippen LogP contribution < -0.4 is 0 Å². The number of rotatable bonds is 6. The first kappa shape index (κ1) is 36.7. The van der Waals surface area contributed by atoms with Crippen LogP contribution in [0.15, 0.2) is 90.0 Å². The van der Waals surface area contributed by atoms with Gasteiger partial charge in [0.05, 0.1) is 29.6 Å². The van der Waals surface area contributed by atoms with Gasteiger partial charge in [0.2, 0.25) is 0 Å². The van der Waals surface area contributed by atoms with Gasteiger partial charge >= 0.3 is 17.9 Å². The SMILES string of the molecule is CC(=O)O[C@@]12CO[C@@H]1C[C@H](O)C1(C)C(=O)[C@H](O)C3=C(C)[C@@H](OC(=O)/C=C/c4ccc5ccccc5c4)C[C@@](O)([C@@H](OC(=O)c4ccccc4)[C@@H]12)C3(C)C. The minimum atomic E-state index is -2.18. The van der Waals surface area contributed by atoms with Crippen molar-refractivity contribution in [3.63, 3.8) is 0 Å². The monoisotopic (exact) mass is 724 g/mol. The summed E-state index contributed by atoms with van der Waals surface area (Å²) >= 11 is 0. The molecule has 3 aliphatic carbocycles. The van der Waals surface area contributed by atoms with Gasteiger partial charge in [0, 0.05) is 31.3 Å². The Morgan fingerprint density at radius 3 is 2.26 bits per heavy atom. The molecule has 0 spiro atoms. The van der Waals surface area contributed by atoms with Gasteiger partial charge in [-0.25, -0.2) is 9.59 Å². The zero-order valence-electron chi connectivity index (χ0n) is 30.3. The Hall–Kier alpha value is -4.68. The van der Waals surface area contributed by atoms with Gasteiger partial charge in [-0.2, -0.15) is 0 Å². The van der Waals surface area contributed by atoms with Crippen LogP contribution in [0, 0.1) is 16.7 Å². The summed E-state index contributed by atoms with van der Waals surface area (Å²) in [6, 6.07) is 21.6. The number of esters is 3. The summed E-state index contributed by atoms with van der Waals surface area (Å²) in [5, 5.41) is 39.2. The molecule has 11 nitrogen and oxygen atoms in total. The zero-order valence-corrected chi connectivity index (χ0v) is 30.3. The number of fused-ring (bicyclic) bond motifs is 6. The highest BCUT2D eigenvalue weighted by Crippen LogP contribution is 2.64. The van der Waals surface area contributed by atoms with Crippen molar-refractivity contribution in [1.29, 1.82) is 0 Å². The second-order valence-electron chi connectivity index (χ2n) is 15.5. The van der Waals surface area contributed by atoms with E-state index in [1.165, 1.54) is 32.1 Å². The van der Waals surface area contributed by atoms with Crippen LogP contribution in [-0.2, 0) is 33.3 Å². The van der Waals surface area contributed by atoms with E-state index in [1.54, 1.807) is 45.0 Å². The van der Waals surface area contributed by atoms with Crippen LogP contribution in [0.25, 0.3) is 16.8 Å². The molecule has 2 saturated carbocycles. The van der Waals surface area contributed by atoms with E-state index in [2.05, 4.69) is 0 Å². The molecule has 1 aliphatic heterocycles. The molecule has 0 amide bonds. The number of Topliss-reactive ketones (excluding diaryl/α,β-unsaturated/α-hetero) is 1. The maximum atomic E-state index is 14.8. The number of ether oxygens (including phenoxy) is 4. The quantitative estimate of drug-likeness (QED) is 0.142. The van der Waals surface area contributed by atoms with Crippen LogP contribution in [0.3, 0.4) is 0 Å². The molecule has 0 aromatic heterocycles. The number of carbonyl (C=O) groups is 4. The van der Waals surface area contributed by atoms with E-state index in [0.717, 1.165) is 16.3 Å². The summed E-state index contributed by atoms with van der Waals surface area (Å²) in [7, 11) is 0. The molecule has 1 heterocycles. The molecule has 0 radical (unpaired) electrons. The number of benzene rings is 3. The number of aliphatic hydroxyl groups is 3. The summed E-state index contributed by atoms with van der Waals surface area (Å²) in [4.78, 5) is 55.1. The summed E-state index contributed by atoms with van der Waals surface area (Å²) in [5.74, 6) is -4.53. The van der Waals surface area contributed by atoms with Crippen molar-refractivity contribution in [3.8, 4) is 0 Å². The zero-order chi connectivity index (χ0) is 38.1. The molecular formula is C42H44O11. The van der Waals surface area contributed by atoms with Crippen LogP contribution in [0.5, 0.6) is 0 Å². The van der Waals surface area contributed by atoms with E-state index in [1.807, 2.05) is 42.5 Å². The molecule has 53 heavy (non-hydrogen) atoms. The lowest BCUT2D eigenvalue weighted by Crippen LogP contribution is -2.81. The Morgan fingerprint density at radius 2 is 1.60 bits per heavy atom. The molecule has 3 aromatic rings. The standard InChI is InChI=1S/C42H44O11/c1-23-29(51-32(45)18-16-25-15-17-26-11-9-10-14-28(26)19-25)21-42(49)37(52-38(48)27-12-7-6-8-13-27)35-40(5,36(47)34(46)33(23)39(42,3)4)30(44)20-31-41(35,22-50-31)53-24(2)43/h6-19,29-31,34-35,37,44,46,49H,20-22H2,1-5H3/b18-16+/t29-,30-,31+,34+,35-,37-,40?,41-,42+/m0/s1. The fourth-order valence-electron chi connectivity index (χ4n) is 9.43. The second-order valence-corrected chi connectivity index (χ2v) is 15.5. The smallest absolute Gasteiger partial charge is 0.338 e. The van der Waals surface area contributed by atoms with Gasteiger partial charge in [-0.3, -0.25) is 9.59 Å². The Labute approximate surface area is 307 Å². The fraction of sp³-hybridized carbons (Fsp3) is 0.429. The number of carbonyl (C=O) groups excluding carboxylic acids is 4. The van der Waals surface area contributed by atoms with Crippen LogP contribution >= 0.6 is 0 Å². The Bertz CT molecular complexity index is 2050. The molecule has 278 valence electrons. The van der Waals surface area contributed by atoms with Gasteiger partial charge in [0.1, 0.15) is 30.0 Å². The lowest BCUT2D eigenvalue weighted by molar-refractivity contribution is -0.345. The maximum Gasteiger partial charge on any atom is 0.338 e. The summed E-state index contributed by atoms with van der Waals surface area (Å²) < 4.78 is 24.2. The van der Waals surface area contributed by atoms with Gasteiger partial charge in [-0.1, -0.05) is 68.4 Å². The molecule has 4 aliphatic rings. The molecule has 9 atom stereocenters. The number of hydrogen-bond donors (Lipinski definition) is 3. The highest BCUT2D eigenvalue weighted by Gasteiger charge is 2.78. The van der Waals surface area contributed by atoms with Crippen molar-refractivity contribution in [1.82, 2.24) is 0 Å². The third-order valence-electron chi connectivity index (χ3n) is 12.4. The van der Waals surface area contributed by atoms with Crippen molar-refractivity contribution >= 4 is 40.5 Å². The Kier molecular flexibility index (Phi) is 9.01. The van der Waals surface area contributed by atoms with E-state index in [-0.39, 0.29) is 30.6 Å². The van der Waals surface area contributed by atoms with Crippen molar-refractivity contribution in [3.05, 3.63) is 101 Å². The van der Waals surface area contributed by atoms with E-state index in [9.17, 15) is 34.5 Å². The number of hydrogen-bond acceptors (Lipinski definition) is 11. The minimum absolute atomic E-state index is 0.0775. The van der Waals surface area contributed by atoms with Gasteiger partial charge < -0.3 is 34.3 Å². The average Bonchev–Trinajstić information content (AvgIpc) is 3.12. The van der Waals surface area contributed by atoms with Crippen LogP contribution in [0.4, 0.5) is 0 Å². The Balaban J connectivity index is 1.35. The largest absolute Gasteiger partial charge is 0.455 e. The van der Waals surface area contributed by atoms with Gasteiger partial charge in [-0.05, 0) is 65.6 Å². The van der Waals surface area contributed by atoms with Crippen LogP contribution in [0.1, 0.15) is 63.4 Å². The minimum Gasteiger partial charge on any atom is -0.455 e. The molecule has 3 fully saturated rings. The van der Waals surface area contributed by atoms with E-state index >= 15 is 0 Å². The van der Waals surface area contributed by atoms with Gasteiger partial charge in [0.25, 0.3) is 0 Å². The third-order valence-corrected chi connectivity index (χ3v) is 12.4. The molecule has 1 unspecified atom stereocenters. The van der Waals surface area contributed by atoms with Gasteiger partial charge in [0.15, 0.2) is 11.4 Å². The average molecular weight is 725 g/mol. The molecule has 3 N–H and O–H groups in total. The molecule has 3 aromatic carbocycles. The summed E-state index contributed by atoms with van der Waals surface area (Å²) in [6.45, 7) is 7.29. The normalized spacial score (nSPS) is 34.6. The summed E-state index contributed by atoms with van der Waals surface area (Å²) in [5.41, 5.74) is -5.92. The lowest BCUT2D eigenvalue weighted by Gasteiger charge is -2.67. The van der Waals surface area contributed by atoms with Crippen LogP contribution in [0.2, 0.25) is 0 Å². The first-order chi connectivity index (χ1) is 25.0. The molecular weight excluding hydrogens is 680 g/mol. The maximum absolute atomic E-state index is 14.8. The highest BCUT2D eigenvalue weighted by molar-refractivity contribution is 5.94. The first-order valence-corrected chi connectivity index (χ1v) is 17.8. The van der Waals surface area contributed by atoms with Crippen molar-refractivity contribution < 1.29 is 53.4 Å². The molecule has 11 heteroatoms. The first-order valence-electron chi connectivity index (χ1n) is 17.8. The van der Waals surface area contributed by atoms with Gasteiger partial charge in [-0.15, -0.1) is 0 Å². The number of ketones is 1. The number of aliphatic hydroxyl groups excluding tert-OH is 2. The Morgan fingerprint density at radius 1 is 0.925 bits per heavy atom. The summed E-state index contributed by atoms with van der Waals surface area (Å²) in [6.07, 6.45) is -4.69. The van der Waals surface area contributed by atoms with E-state index in [4.69, 9.17) is 18.9 Å². The third kappa shape index (κ3) is 5.64. The second kappa shape index (κ2) is 13.0. The van der Waals surface area contributed by atoms with Crippen molar-refractivity contribution in [2.75, 3.05) is 6.61 Å². The van der Waals surface area contributed by atoms with E-state index < -0.39 is 82.2 Å². The predicted molar refractivity (Wildman–Crippen MR) is 192 cm³/mol. The topological polar surface area (TPSA) is 166 Å². The molecule has 2 bridgehead atoms. The van der Waals surface area contributed by atoms with E-state index in [0.29, 0.717) is 5.57 Å². The van der Waals surface area contributed by atoms with Crippen molar-refractivity contribution in [2.24, 2.45) is 16.7 Å². The molecule has 1 saturated heterocycles. The highest BCUT2D eigenvalue weighted by atomic mass is 16.6. The fourth-order valence-corrected chi connectivity index (χ4v) is 9.43. The molecule has 7 rings (SSSR count). The van der Waals surface area contributed by atoms with Crippen molar-refractivity contribution in [2.45, 2.75) is 89.2 Å². The van der Waals surface area contributed by atoms with Crippen LogP contribution in [-0.4, -0.2) is 87.3 Å².